The van der Waals surface area contributed by atoms with Crippen molar-refractivity contribution in [3.05, 3.63) is 29.6 Å². The lowest BCUT2D eigenvalue weighted by atomic mass is 9.91. The fraction of sp³-hybridized carbons (Fsp3) is 0.545. The minimum absolute atomic E-state index is 0.192. The number of nitrogens with zero attached hydrogens (tertiary/aromatic N) is 1. The Hall–Kier alpha value is -1.03. The van der Waals surface area contributed by atoms with Gasteiger partial charge in [0.25, 0.3) is 0 Å². The van der Waals surface area contributed by atoms with Gasteiger partial charge in [-0.05, 0) is 38.3 Å². The molecule has 1 N–H and O–H groups in total. The average molecular weight is 212 g/mol. The first-order valence-electron chi connectivity index (χ1n) is 5.26. The number of hydrogen-bond acceptors (Lipinski definition) is 2. The van der Waals surface area contributed by atoms with Crippen LogP contribution in [0.3, 0.4) is 0 Å². The third-order valence-corrected chi connectivity index (χ3v) is 2.90. The van der Waals surface area contributed by atoms with Crippen LogP contribution in [0.15, 0.2) is 12.4 Å². The summed E-state index contributed by atoms with van der Waals surface area (Å²) in [5, 5.41) is 3.23. The Morgan fingerprint density at radius 2 is 1.80 bits per heavy atom. The van der Waals surface area contributed by atoms with E-state index in [1.807, 2.05) is 0 Å². The van der Waals surface area contributed by atoms with E-state index in [0.29, 0.717) is 12.3 Å². The highest BCUT2D eigenvalue weighted by Crippen LogP contribution is 2.21. The summed E-state index contributed by atoms with van der Waals surface area (Å²) in [4.78, 5) is 3.48. The number of piperidine rings is 1. The van der Waals surface area contributed by atoms with E-state index >= 15 is 0 Å². The van der Waals surface area contributed by atoms with Crippen LogP contribution in [0.4, 0.5) is 8.78 Å². The minimum Gasteiger partial charge on any atom is -0.317 e. The Bertz CT molecular complexity index is 315. The van der Waals surface area contributed by atoms with E-state index in [0.717, 1.165) is 38.3 Å². The Balaban J connectivity index is 2.09. The summed E-state index contributed by atoms with van der Waals surface area (Å²) in [6, 6.07) is 0. The molecule has 1 aromatic rings. The van der Waals surface area contributed by atoms with Crippen molar-refractivity contribution in [3.8, 4) is 0 Å². The summed E-state index contributed by atoms with van der Waals surface area (Å²) in [6.45, 7) is 1.89. The smallest absolute Gasteiger partial charge is 0.147 e. The van der Waals surface area contributed by atoms with E-state index in [1.165, 1.54) is 0 Å². The third kappa shape index (κ3) is 2.50. The maximum atomic E-state index is 13.3. The van der Waals surface area contributed by atoms with Crippen LogP contribution in [0, 0.1) is 17.6 Å². The number of nitrogens with one attached hydrogen (secondary N) is 1. The molecule has 2 rings (SSSR count). The van der Waals surface area contributed by atoms with E-state index in [1.54, 1.807) is 0 Å². The van der Waals surface area contributed by atoms with Crippen LogP contribution in [0.5, 0.6) is 0 Å². The lowest BCUT2D eigenvalue weighted by Crippen LogP contribution is -2.29. The molecule has 2 nitrogen and oxygen atoms in total. The van der Waals surface area contributed by atoms with Gasteiger partial charge in [-0.3, -0.25) is 4.98 Å². The molecule has 82 valence electrons. The second-order valence-corrected chi connectivity index (χ2v) is 3.98. The van der Waals surface area contributed by atoms with Gasteiger partial charge in [-0.15, -0.1) is 0 Å². The molecule has 2 heterocycles. The number of hydrogen-bond donors (Lipinski definition) is 1. The lowest BCUT2D eigenvalue weighted by Gasteiger charge is -2.22. The quantitative estimate of drug-likeness (QED) is 0.810. The molecule has 4 heteroatoms. The van der Waals surface area contributed by atoms with Crippen molar-refractivity contribution in [1.29, 1.82) is 0 Å². The molecule has 0 radical (unpaired) electrons. The maximum Gasteiger partial charge on any atom is 0.147 e. The normalized spacial score (nSPS) is 18.0. The van der Waals surface area contributed by atoms with Gasteiger partial charge in [0.2, 0.25) is 0 Å². The van der Waals surface area contributed by atoms with Gasteiger partial charge in [0.05, 0.1) is 12.4 Å². The van der Waals surface area contributed by atoms with Crippen LogP contribution in [-0.2, 0) is 6.42 Å². The molecule has 0 aromatic carbocycles. The summed E-state index contributed by atoms with van der Waals surface area (Å²) in [7, 11) is 0. The van der Waals surface area contributed by atoms with Crippen molar-refractivity contribution in [3.63, 3.8) is 0 Å². The van der Waals surface area contributed by atoms with Crippen LogP contribution >= 0.6 is 0 Å². The highest BCUT2D eigenvalue weighted by Gasteiger charge is 2.18. The van der Waals surface area contributed by atoms with Crippen LogP contribution in [-0.4, -0.2) is 18.1 Å². The molecule has 1 fully saturated rings. The standard InChI is InChI=1S/C11H14F2N2/c12-10-6-15-7-11(13)9(10)5-8-1-3-14-4-2-8/h6-8,14H,1-5H2. The Morgan fingerprint density at radius 1 is 1.20 bits per heavy atom. The minimum atomic E-state index is -0.520. The van der Waals surface area contributed by atoms with Gasteiger partial charge in [0, 0.05) is 5.56 Å². The molecule has 0 amide bonds. The molecule has 0 atom stereocenters. The first-order chi connectivity index (χ1) is 7.27. The van der Waals surface area contributed by atoms with Crippen LogP contribution in [0.25, 0.3) is 0 Å². The molecule has 0 saturated carbocycles. The van der Waals surface area contributed by atoms with Crippen molar-refractivity contribution in [2.24, 2.45) is 5.92 Å². The summed E-state index contributed by atoms with van der Waals surface area (Å²) in [6.07, 6.45) is 4.63. The first kappa shape index (κ1) is 10.5. The summed E-state index contributed by atoms with van der Waals surface area (Å²) >= 11 is 0. The van der Waals surface area contributed by atoms with Gasteiger partial charge in [-0.25, -0.2) is 8.78 Å². The van der Waals surface area contributed by atoms with Crippen molar-refractivity contribution in [1.82, 2.24) is 10.3 Å². The predicted octanol–water partition coefficient (Wildman–Crippen LogP) is 1.90. The molecule has 0 spiro atoms. The fourth-order valence-corrected chi connectivity index (χ4v) is 2.01. The molecule has 1 aromatic heterocycles. The average Bonchev–Trinajstić information content (AvgIpc) is 2.25. The zero-order valence-electron chi connectivity index (χ0n) is 8.47. The van der Waals surface area contributed by atoms with Crippen molar-refractivity contribution >= 4 is 0 Å². The lowest BCUT2D eigenvalue weighted by molar-refractivity contribution is 0.362. The van der Waals surface area contributed by atoms with Gasteiger partial charge >= 0.3 is 0 Å². The second kappa shape index (κ2) is 4.66. The fourth-order valence-electron chi connectivity index (χ4n) is 2.01. The molecule has 1 aliphatic heterocycles. The van der Waals surface area contributed by atoms with Crippen molar-refractivity contribution in [2.75, 3.05) is 13.1 Å². The Kier molecular flexibility index (Phi) is 3.26. The predicted molar refractivity (Wildman–Crippen MR) is 53.5 cm³/mol. The largest absolute Gasteiger partial charge is 0.317 e. The monoisotopic (exact) mass is 212 g/mol. The highest BCUT2D eigenvalue weighted by molar-refractivity contribution is 5.15. The maximum absolute atomic E-state index is 13.3. The van der Waals surface area contributed by atoms with Crippen molar-refractivity contribution < 1.29 is 8.78 Å². The molecule has 1 saturated heterocycles. The molecular formula is C11H14F2N2. The summed E-state index contributed by atoms with van der Waals surface area (Å²) in [5.74, 6) is -0.653. The Labute approximate surface area is 87.7 Å². The van der Waals surface area contributed by atoms with Gasteiger partial charge in [0.15, 0.2) is 0 Å². The highest BCUT2D eigenvalue weighted by atomic mass is 19.1. The second-order valence-electron chi connectivity index (χ2n) is 3.98. The molecule has 15 heavy (non-hydrogen) atoms. The van der Waals surface area contributed by atoms with E-state index < -0.39 is 11.6 Å². The summed E-state index contributed by atoms with van der Waals surface area (Å²) < 4.78 is 26.6. The van der Waals surface area contributed by atoms with Crippen molar-refractivity contribution in [2.45, 2.75) is 19.3 Å². The third-order valence-electron chi connectivity index (χ3n) is 2.90. The van der Waals surface area contributed by atoms with E-state index in [-0.39, 0.29) is 5.56 Å². The zero-order chi connectivity index (χ0) is 10.7. The number of aromatic nitrogens is 1. The van der Waals surface area contributed by atoms with E-state index in [4.69, 9.17) is 0 Å². The molecule has 0 bridgehead atoms. The molecule has 1 aliphatic rings. The number of halogens is 2. The molecule has 0 aliphatic carbocycles. The van der Waals surface area contributed by atoms with Gasteiger partial charge in [-0.2, -0.15) is 0 Å². The van der Waals surface area contributed by atoms with Crippen LogP contribution < -0.4 is 5.32 Å². The molecule has 0 unspecified atom stereocenters. The van der Waals surface area contributed by atoms with Gasteiger partial charge in [-0.1, -0.05) is 0 Å². The molecular weight excluding hydrogens is 198 g/mol. The van der Waals surface area contributed by atoms with Crippen LogP contribution in [0.1, 0.15) is 18.4 Å². The zero-order valence-corrected chi connectivity index (χ0v) is 8.47. The number of pyridine rings is 1. The topological polar surface area (TPSA) is 24.9 Å². The van der Waals surface area contributed by atoms with Crippen LogP contribution in [0.2, 0.25) is 0 Å². The van der Waals surface area contributed by atoms with Gasteiger partial charge in [0.1, 0.15) is 11.6 Å². The van der Waals surface area contributed by atoms with E-state index in [9.17, 15) is 8.78 Å². The Morgan fingerprint density at radius 3 is 2.40 bits per heavy atom. The first-order valence-corrected chi connectivity index (χ1v) is 5.26. The van der Waals surface area contributed by atoms with Gasteiger partial charge < -0.3 is 5.32 Å². The number of rotatable bonds is 2. The summed E-state index contributed by atoms with van der Waals surface area (Å²) in [5.41, 5.74) is 0.192. The van der Waals surface area contributed by atoms with E-state index in [2.05, 4.69) is 10.3 Å². The SMILES string of the molecule is Fc1cncc(F)c1CC1CCNCC1.